The molecule has 0 saturated carbocycles. The lowest BCUT2D eigenvalue weighted by Gasteiger charge is -2.42. The van der Waals surface area contributed by atoms with Crippen LogP contribution in [0.2, 0.25) is 0 Å². The maximum Gasteiger partial charge on any atom is 0.0831 e. The number of unbranched alkanes of at least 4 members (excludes halogenated alkanes) is 4. The molecule has 0 aromatic heterocycles. The van der Waals surface area contributed by atoms with Crippen LogP contribution in [0.3, 0.4) is 0 Å². The first-order valence-electron chi connectivity index (χ1n) is 7.17. The first-order valence-corrected chi connectivity index (χ1v) is 7.17. The fraction of sp³-hybridized carbons (Fsp3) is 1.00. The third-order valence-electron chi connectivity index (χ3n) is 3.39. The molecular weight excluding hydrogens is 212 g/mol. The topological polar surface area (TPSA) is 38.5 Å². The Bertz CT molecular complexity index is 206. The predicted molar refractivity (Wildman–Crippen MR) is 73.2 cm³/mol. The first kappa shape index (κ1) is 14.9. The second-order valence-corrected chi connectivity index (χ2v) is 5.88. The summed E-state index contributed by atoms with van der Waals surface area (Å²) in [6, 6.07) is 0. The molecule has 1 fully saturated rings. The van der Waals surface area contributed by atoms with Gasteiger partial charge in [-0.15, -0.1) is 0 Å². The number of rotatable bonds is 7. The Morgan fingerprint density at radius 1 is 1.24 bits per heavy atom. The monoisotopic (exact) mass is 242 g/mol. The van der Waals surface area contributed by atoms with Crippen molar-refractivity contribution >= 4 is 0 Å². The molecule has 3 heteroatoms. The van der Waals surface area contributed by atoms with E-state index in [4.69, 9.17) is 10.5 Å². The SMILES string of the molecule is CCCCCCCN1CC(CN)OC(C)(C)C1. The summed E-state index contributed by atoms with van der Waals surface area (Å²) in [4.78, 5) is 2.52. The maximum absolute atomic E-state index is 5.93. The summed E-state index contributed by atoms with van der Waals surface area (Å²) in [6.45, 7) is 10.5. The van der Waals surface area contributed by atoms with Gasteiger partial charge in [-0.3, -0.25) is 4.90 Å². The molecule has 1 aliphatic rings. The van der Waals surface area contributed by atoms with E-state index in [2.05, 4.69) is 25.7 Å². The Morgan fingerprint density at radius 3 is 2.59 bits per heavy atom. The molecule has 1 rings (SSSR count). The molecule has 102 valence electrons. The van der Waals surface area contributed by atoms with Crippen molar-refractivity contribution in [2.75, 3.05) is 26.2 Å². The van der Waals surface area contributed by atoms with Crippen LogP contribution in [0.25, 0.3) is 0 Å². The molecule has 2 N–H and O–H groups in total. The van der Waals surface area contributed by atoms with Crippen LogP contribution in [0.5, 0.6) is 0 Å². The zero-order valence-electron chi connectivity index (χ0n) is 11.9. The van der Waals surface area contributed by atoms with Crippen molar-refractivity contribution in [3.8, 4) is 0 Å². The molecule has 0 bridgehead atoms. The average molecular weight is 242 g/mol. The first-order chi connectivity index (χ1) is 8.07. The highest BCUT2D eigenvalue weighted by Gasteiger charge is 2.32. The van der Waals surface area contributed by atoms with Gasteiger partial charge >= 0.3 is 0 Å². The lowest BCUT2D eigenvalue weighted by molar-refractivity contribution is -0.131. The molecule has 1 heterocycles. The lowest BCUT2D eigenvalue weighted by atomic mass is 10.0. The van der Waals surface area contributed by atoms with Gasteiger partial charge < -0.3 is 10.5 Å². The number of hydrogen-bond acceptors (Lipinski definition) is 3. The van der Waals surface area contributed by atoms with Gasteiger partial charge in [-0.25, -0.2) is 0 Å². The van der Waals surface area contributed by atoms with Crippen molar-refractivity contribution < 1.29 is 4.74 Å². The van der Waals surface area contributed by atoms with E-state index in [9.17, 15) is 0 Å². The predicted octanol–water partition coefficient (Wildman–Crippen LogP) is 2.39. The molecule has 1 saturated heterocycles. The van der Waals surface area contributed by atoms with Gasteiger partial charge in [0.05, 0.1) is 11.7 Å². The van der Waals surface area contributed by atoms with E-state index in [0.717, 1.165) is 13.1 Å². The molecule has 1 aliphatic heterocycles. The zero-order chi connectivity index (χ0) is 12.7. The van der Waals surface area contributed by atoms with Gasteiger partial charge in [-0.2, -0.15) is 0 Å². The molecule has 0 spiro atoms. The van der Waals surface area contributed by atoms with Gasteiger partial charge in [-0.05, 0) is 26.8 Å². The molecular formula is C14H30N2O. The molecule has 0 aromatic rings. The number of morpholine rings is 1. The van der Waals surface area contributed by atoms with Crippen LogP contribution in [0, 0.1) is 0 Å². The molecule has 0 radical (unpaired) electrons. The third-order valence-corrected chi connectivity index (χ3v) is 3.39. The van der Waals surface area contributed by atoms with E-state index < -0.39 is 0 Å². The van der Waals surface area contributed by atoms with Crippen molar-refractivity contribution in [2.24, 2.45) is 5.73 Å². The van der Waals surface area contributed by atoms with E-state index in [1.165, 1.54) is 38.6 Å². The Hall–Kier alpha value is -0.120. The Kier molecular flexibility index (Phi) is 6.45. The molecule has 0 amide bonds. The molecule has 0 aliphatic carbocycles. The second-order valence-electron chi connectivity index (χ2n) is 5.88. The maximum atomic E-state index is 5.93. The number of nitrogens with zero attached hydrogens (tertiary/aromatic N) is 1. The fourth-order valence-corrected chi connectivity index (χ4v) is 2.65. The van der Waals surface area contributed by atoms with Crippen LogP contribution < -0.4 is 5.73 Å². The Balaban J connectivity index is 2.23. The van der Waals surface area contributed by atoms with Crippen LogP contribution >= 0.6 is 0 Å². The summed E-state index contributed by atoms with van der Waals surface area (Å²) in [5, 5.41) is 0. The number of hydrogen-bond donors (Lipinski definition) is 1. The van der Waals surface area contributed by atoms with E-state index >= 15 is 0 Å². The van der Waals surface area contributed by atoms with Gasteiger partial charge in [0, 0.05) is 19.6 Å². The van der Waals surface area contributed by atoms with Crippen LogP contribution in [0.15, 0.2) is 0 Å². The summed E-state index contributed by atoms with van der Waals surface area (Å²) in [6.07, 6.45) is 6.96. The summed E-state index contributed by atoms with van der Waals surface area (Å²) < 4.78 is 5.93. The van der Waals surface area contributed by atoms with Crippen LogP contribution in [-0.2, 0) is 4.74 Å². The Labute approximate surface area is 107 Å². The number of nitrogens with two attached hydrogens (primary N) is 1. The summed E-state index contributed by atoms with van der Waals surface area (Å²) in [5.74, 6) is 0. The van der Waals surface area contributed by atoms with Gasteiger partial charge in [0.1, 0.15) is 0 Å². The van der Waals surface area contributed by atoms with Crippen LogP contribution in [0.4, 0.5) is 0 Å². The second kappa shape index (κ2) is 7.34. The van der Waals surface area contributed by atoms with Crippen molar-refractivity contribution in [1.29, 1.82) is 0 Å². The highest BCUT2D eigenvalue weighted by molar-refractivity contribution is 4.84. The summed E-state index contributed by atoms with van der Waals surface area (Å²) >= 11 is 0. The molecule has 0 aromatic carbocycles. The quantitative estimate of drug-likeness (QED) is 0.697. The van der Waals surface area contributed by atoms with Gasteiger partial charge in [0.15, 0.2) is 0 Å². The fourth-order valence-electron chi connectivity index (χ4n) is 2.65. The van der Waals surface area contributed by atoms with E-state index in [1.54, 1.807) is 0 Å². The normalized spacial score (nSPS) is 25.1. The summed E-state index contributed by atoms with van der Waals surface area (Å²) in [5.41, 5.74) is 5.69. The van der Waals surface area contributed by atoms with E-state index in [0.29, 0.717) is 6.54 Å². The smallest absolute Gasteiger partial charge is 0.0831 e. The van der Waals surface area contributed by atoms with E-state index in [1.807, 2.05) is 0 Å². The number of ether oxygens (including phenoxy) is 1. The van der Waals surface area contributed by atoms with E-state index in [-0.39, 0.29) is 11.7 Å². The van der Waals surface area contributed by atoms with Crippen molar-refractivity contribution in [3.63, 3.8) is 0 Å². The molecule has 17 heavy (non-hydrogen) atoms. The van der Waals surface area contributed by atoms with Crippen molar-refractivity contribution in [3.05, 3.63) is 0 Å². The van der Waals surface area contributed by atoms with Crippen LogP contribution in [-0.4, -0.2) is 42.8 Å². The molecule has 3 nitrogen and oxygen atoms in total. The standard InChI is InChI=1S/C14H30N2O/c1-4-5-6-7-8-9-16-11-13(10-15)17-14(2,3)12-16/h13H,4-12,15H2,1-3H3. The van der Waals surface area contributed by atoms with Crippen LogP contribution in [0.1, 0.15) is 52.9 Å². The third kappa shape index (κ3) is 5.84. The summed E-state index contributed by atoms with van der Waals surface area (Å²) in [7, 11) is 0. The zero-order valence-corrected chi connectivity index (χ0v) is 11.9. The van der Waals surface area contributed by atoms with Gasteiger partial charge in [0.25, 0.3) is 0 Å². The molecule has 1 unspecified atom stereocenters. The van der Waals surface area contributed by atoms with Crippen molar-refractivity contribution in [1.82, 2.24) is 4.90 Å². The minimum Gasteiger partial charge on any atom is -0.368 e. The average Bonchev–Trinajstić information content (AvgIpc) is 2.26. The van der Waals surface area contributed by atoms with Gasteiger partial charge in [-0.1, -0.05) is 32.6 Å². The Morgan fingerprint density at radius 2 is 1.94 bits per heavy atom. The van der Waals surface area contributed by atoms with Crippen molar-refractivity contribution in [2.45, 2.75) is 64.6 Å². The minimum absolute atomic E-state index is 0.0360. The largest absolute Gasteiger partial charge is 0.368 e. The minimum atomic E-state index is -0.0360. The van der Waals surface area contributed by atoms with Gasteiger partial charge in [0.2, 0.25) is 0 Å². The molecule has 1 atom stereocenters. The lowest BCUT2D eigenvalue weighted by Crippen LogP contribution is -2.54. The highest BCUT2D eigenvalue weighted by atomic mass is 16.5. The highest BCUT2D eigenvalue weighted by Crippen LogP contribution is 2.21.